The molecule has 172 valence electrons. The quantitative estimate of drug-likeness (QED) is 0.463. The van der Waals surface area contributed by atoms with Crippen molar-refractivity contribution in [2.75, 3.05) is 0 Å². The zero-order valence-corrected chi connectivity index (χ0v) is 21.2. The summed E-state index contributed by atoms with van der Waals surface area (Å²) in [6.45, 7) is 18.1. The minimum Gasteiger partial charge on any atom is -0.393 e. The lowest BCUT2D eigenvalue weighted by atomic mass is 9.32. The second-order valence-corrected chi connectivity index (χ2v) is 14.6. The highest BCUT2D eigenvalue weighted by molar-refractivity contribution is 5.19. The van der Waals surface area contributed by atoms with Crippen LogP contribution < -0.4 is 0 Å². The largest absolute Gasteiger partial charge is 0.393 e. The fraction of sp³-hybridized carbons (Fsp3) is 1.00. The molecule has 0 aromatic carbocycles. The van der Waals surface area contributed by atoms with Crippen molar-refractivity contribution in [3.63, 3.8) is 0 Å². The lowest BCUT2D eigenvalue weighted by Crippen LogP contribution is -2.65. The van der Waals surface area contributed by atoms with Gasteiger partial charge in [0.25, 0.3) is 0 Å². The third kappa shape index (κ3) is 2.51. The fourth-order valence-corrected chi connectivity index (χ4v) is 11.9. The molecule has 5 aliphatic rings. The maximum absolute atomic E-state index is 10.5. The number of fused-ring (bicyclic) bond motifs is 7. The topological polar surface area (TPSA) is 20.2 Å². The molecule has 1 N–H and O–H groups in total. The second kappa shape index (κ2) is 6.51. The molecule has 0 bridgehead atoms. The molecular formula is C29H50O. The lowest BCUT2D eigenvalue weighted by molar-refractivity contribution is -0.241. The van der Waals surface area contributed by atoms with Crippen LogP contribution in [0.2, 0.25) is 0 Å². The molecule has 1 heteroatoms. The van der Waals surface area contributed by atoms with Crippen molar-refractivity contribution in [3.05, 3.63) is 0 Å². The van der Waals surface area contributed by atoms with Gasteiger partial charge in [-0.15, -0.1) is 0 Å². The Kier molecular flexibility index (Phi) is 4.73. The van der Waals surface area contributed by atoms with Crippen molar-refractivity contribution in [1.82, 2.24) is 0 Å². The van der Waals surface area contributed by atoms with E-state index in [4.69, 9.17) is 0 Å². The molecule has 0 saturated heterocycles. The maximum Gasteiger partial charge on any atom is 0.0543 e. The Morgan fingerprint density at radius 1 is 0.633 bits per heavy atom. The Balaban J connectivity index is 1.52. The Morgan fingerprint density at radius 3 is 1.87 bits per heavy atom. The van der Waals surface area contributed by atoms with Gasteiger partial charge in [0, 0.05) is 0 Å². The first-order valence-corrected chi connectivity index (χ1v) is 13.6. The number of rotatable bonds is 1. The zero-order valence-electron chi connectivity index (χ0n) is 21.2. The third-order valence-corrected chi connectivity index (χ3v) is 13.4. The molecule has 30 heavy (non-hydrogen) atoms. The van der Waals surface area contributed by atoms with Crippen LogP contribution in [0.25, 0.3) is 0 Å². The summed E-state index contributed by atoms with van der Waals surface area (Å²) in [6.07, 6.45) is 15.5. The van der Waals surface area contributed by atoms with E-state index < -0.39 is 0 Å². The molecule has 0 radical (unpaired) electrons. The standard InChI is InChI=1S/C29H50O/c1-19(30)20-11-16-26(4)21(20)12-17-28(6)23(26)9-10-24-27(5)15-8-14-25(2,3)22(27)13-18-29(24,28)7/h19-24,30H,8-18H2,1-7H3/t19-,20-,21-,22?,23?,24?,26-,27-,28+,29+/m0/s1. The highest BCUT2D eigenvalue weighted by Crippen LogP contribution is 2.77. The van der Waals surface area contributed by atoms with Crippen molar-refractivity contribution in [2.24, 2.45) is 56.7 Å². The van der Waals surface area contributed by atoms with Crippen LogP contribution in [-0.4, -0.2) is 11.2 Å². The van der Waals surface area contributed by atoms with Gasteiger partial charge in [-0.05, 0) is 128 Å². The van der Waals surface area contributed by atoms with E-state index in [1.165, 1.54) is 70.6 Å². The van der Waals surface area contributed by atoms with E-state index in [1.807, 2.05) is 0 Å². The van der Waals surface area contributed by atoms with Gasteiger partial charge in [0.15, 0.2) is 0 Å². The van der Waals surface area contributed by atoms with E-state index in [2.05, 4.69) is 48.5 Å². The molecule has 0 amide bonds. The second-order valence-electron chi connectivity index (χ2n) is 14.6. The van der Waals surface area contributed by atoms with Crippen molar-refractivity contribution in [2.45, 2.75) is 125 Å². The summed E-state index contributed by atoms with van der Waals surface area (Å²) in [7, 11) is 0. The van der Waals surface area contributed by atoms with Gasteiger partial charge in [0.1, 0.15) is 0 Å². The predicted molar refractivity (Wildman–Crippen MR) is 126 cm³/mol. The number of hydrogen-bond acceptors (Lipinski definition) is 1. The summed E-state index contributed by atoms with van der Waals surface area (Å²) in [5.41, 5.74) is 2.55. The van der Waals surface area contributed by atoms with Crippen LogP contribution in [0.5, 0.6) is 0 Å². The minimum absolute atomic E-state index is 0.119. The summed E-state index contributed by atoms with van der Waals surface area (Å²) >= 11 is 0. The summed E-state index contributed by atoms with van der Waals surface area (Å²) in [4.78, 5) is 0. The van der Waals surface area contributed by atoms with Crippen LogP contribution in [0, 0.1) is 56.7 Å². The van der Waals surface area contributed by atoms with Crippen LogP contribution in [0.15, 0.2) is 0 Å². The molecule has 0 aromatic rings. The molecule has 0 spiro atoms. The van der Waals surface area contributed by atoms with Crippen LogP contribution in [-0.2, 0) is 0 Å². The van der Waals surface area contributed by atoms with Crippen molar-refractivity contribution >= 4 is 0 Å². The predicted octanol–water partition coefficient (Wildman–Crippen LogP) is 7.86. The summed E-state index contributed by atoms with van der Waals surface area (Å²) in [5, 5.41) is 10.5. The van der Waals surface area contributed by atoms with E-state index in [-0.39, 0.29) is 6.10 Å². The highest BCUT2D eigenvalue weighted by atomic mass is 16.3. The molecule has 3 unspecified atom stereocenters. The number of aliphatic hydroxyl groups excluding tert-OH is 1. The Labute approximate surface area is 187 Å². The van der Waals surface area contributed by atoms with Crippen LogP contribution in [0.3, 0.4) is 0 Å². The van der Waals surface area contributed by atoms with Crippen molar-refractivity contribution in [1.29, 1.82) is 0 Å². The molecule has 0 heterocycles. The molecule has 5 fully saturated rings. The van der Waals surface area contributed by atoms with E-state index in [0.717, 1.165) is 23.7 Å². The highest BCUT2D eigenvalue weighted by Gasteiger charge is 2.70. The smallest absolute Gasteiger partial charge is 0.0543 e. The summed E-state index contributed by atoms with van der Waals surface area (Å²) in [5.74, 6) is 4.02. The first-order chi connectivity index (χ1) is 13.9. The molecular weight excluding hydrogens is 364 g/mol. The van der Waals surface area contributed by atoms with Gasteiger partial charge in [-0.3, -0.25) is 0 Å². The monoisotopic (exact) mass is 414 g/mol. The van der Waals surface area contributed by atoms with Gasteiger partial charge in [-0.2, -0.15) is 0 Å². The lowest BCUT2D eigenvalue weighted by Gasteiger charge is -2.73. The number of hydrogen-bond donors (Lipinski definition) is 1. The van der Waals surface area contributed by atoms with Crippen LogP contribution in [0.4, 0.5) is 0 Å². The normalized spacial score (nSPS) is 58.2. The van der Waals surface area contributed by atoms with Crippen molar-refractivity contribution < 1.29 is 5.11 Å². The van der Waals surface area contributed by atoms with Gasteiger partial charge in [-0.1, -0.05) is 48.0 Å². The Bertz CT molecular complexity index is 694. The zero-order chi connectivity index (χ0) is 21.7. The van der Waals surface area contributed by atoms with Crippen LogP contribution >= 0.6 is 0 Å². The molecule has 5 rings (SSSR count). The fourth-order valence-electron chi connectivity index (χ4n) is 11.9. The molecule has 5 aliphatic carbocycles. The number of aliphatic hydroxyl groups is 1. The van der Waals surface area contributed by atoms with Gasteiger partial charge >= 0.3 is 0 Å². The molecule has 1 nitrogen and oxygen atoms in total. The van der Waals surface area contributed by atoms with Gasteiger partial charge in [-0.25, -0.2) is 0 Å². The molecule has 10 atom stereocenters. The average Bonchev–Trinajstić information content (AvgIpc) is 2.99. The van der Waals surface area contributed by atoms with Gasteiger partial charge < -0.3 is 5.11 Å². The van der Waals surface area contributed by atoms with E-state index in [9.17, 15) is 5.11 Å². The SMILES string of the molecule is C[C@H](O)[C@@H]1CC[C@]2(C)C3CCC4[C@@]5(C)CCCC(C)(C)C5CC[C@@]4(C)[C@]3(C)CC[C@@H]12. The van der Waals surface area contributed by atoms with E-state index >= 15 is 0 Å². The third-order valence-electron chi connectivity index (χ3n) is 13.4. The molecule has 0 aliphatic heterocycles. The Hall–Kier alpha value is -0.0400. The minimum atomic E-state index is -0.119. The maximum atomic E-state index is 10.5. The summed E-state index contributed by atoms with van der Waals surface area (Å²) < 4.78 is 0. The van der Waals surface area contributed by atoms with Gasteiger partial charge in [0.05, 0.1) is 6.10 Å². The van der Waals surface area contributed by atoms with E-state index in [1.54, 1.807) is 0 Å². The molecule has 5 saturated carbocycles. The van der Waals surface area contributed by atoms with Crippen LogP contribution in [0.1, 0.15) is 119 Å². The Morgan fingerprint density at radius 2 is 1.23 bits per heavy atom. The van der Waals surface area contributed by atoms with E-state index in [0.29, 0.717) is 33.0 Å². The first-order valence-electron chi connectivity index (χ1n) is 13.6. The first kappa shape index (κ1) is 21.8. The van der Waals surface area contributed by atoms with Gasteiger partial charge in [0.2, 0.25) is 0 Å². The molecule has 0 aromatic heterocycles. The summed E-state index contributed by atoms with van der Waals surface area (Å²) in [6, 6.07) is 0. The average molecular weight is 415 g/mol. The van der Waals surface area contributed by atoms with Crippen molar-refractivity contribution in [3.8, 4) is 0 Å².